The van der Waals surface area contributed by atoms with Crippen LogP contribution in [0.25, 0.3) is 0 Å². The number of hydrogen-bond donors (Lipinski definition) is 3. The lowest BCUT2D eigenvalue weighted by atomic mass is 10.1. The zero-order valence-corrected chi connectivity index (χ0v) is 13.3. The smallest absolute Gasteiger partial charge is 0.416 e. The summed E-state index contributed by atoms with van der Waals surface area (Å²) in [5.74, 6) is 0.105. The van der Waals surface area contributed by atoms with Gasteiger partial charge in [-0.1, -0.05) is 12.5 Å². The van der Waals surface area contributed by atoms with Crippen LogP contribution in [0.1, 0.15) is 30.4 Å². The molecule has 2 atom stereocenters. The monoisotopic (exact) mass is 346 g/mol. The molecule has 0 heterocycles. The highest BCUT2D eigenvalue weighted by molar-refractivity contribution is 5.73. The number of aliphatic hydroxyl groups excluding tert-OH is 1. The van der Waals surface area contributed by atoms with Gasteiger partial charge >= 0.3 is 12.2 Å². The maximum absolute atomic E-state index is 13.1. The Morgan fingerprint density at radius 1 is 1.33 bits per heavy atom. The molecule has 0 bridgehead atoms. The van der Waals surface area contributed by atoms with Crippen molar-refractivity contribution in [2.24, 2.45) is 5.92 Å². The number of amides is 2. The van der Waals surface area contributed by atoms with Crippen LogP contribution in [-0.4, -0.2) is 30.9 Å². The van der Waals surface area contributed by atoms with Crippen molar-refractivity contribution >= 4 is 6.03 Å². The zero-order chi connectivity index (χ0) is 17.7. The Morgan fingerprint density at radius 2 is 2.08 bits per heavy atom. The number of methoxy groups -OCH3 is 1. The molecule has 0 aromatic heterocycles. The summed E-state index contributed by atoms with van der Waals surface area (Å²) in [6.45, 7) is 0.0552. The summed E-state index contributed by atoms with van der Waals surface area (Å²) in [5.41, 5.74) is -0.882. The van der Waals surface area contributed by atoms with Crippen molar-refractivity contribution in [3.05, 3.63) is 29.3 Å². The van der Waals surface area contributed by atoms with Crippen LogP contribution in [-0.2, 0) is 12.7 Å². The molecule has 1 aromatic rings. The molecule has 3 N–H and O–H groups in total. The van der Waals surface area contributed by atoms with Gasteiger partial charge in [-0.3, -0.25) is 0 Å². The van der Waals surface area contributed by atoms with Crippen molar-refractivity contribution in [2.75, 3.05) is 13.7 Å². The van der Waals surface area contributed by atoms with Gasteiger partial charge in [-0.25, -0.2) is 4.79 Å². The number of alkyl halides is 3. The Morgan fingerprint density at radius 3 is 2.67 bits per heavy atom. The quantitative estimate of drug-likeness (QED) is 0.768. The fourth-order valence-electron chi connectivity index (χ4n) is 2.82. The Labute approximate surface area is 138 Å². The maximum atomic E-state index is 13.1. The van der Waals surface area contributed by atoms with Gasteiger partial charge in [-0.2, -0.15) is 13.2 Å². The second-order valence-corrected chi connectivity index (χ2v) is 5.84. The van der Waals surface area contributed by atoms with E-state index in [-0.39, 0.29) is 23.8 Å². The van der Waals surface area contributed by atoms with Crippen LogP contribution in [0.5, 0.6) is 5.75 Å². The summed E-state index contributed by atoms with van der Waals surface area (Å²) in [5, 5.41) is 14.7. The number of halogens is 3. The van der Waals surface area contributed by atoms with Crippen LogP contribution >= 0.6 is 0 Å². The average molecular weight is 346 g/mol. The molecule has 1 saturated carbocycles. The Kier molecular flexibility index (Phi) is 5.93. The minimum atomic E-state index is -4.53. The highest BCUT2D eigenvalue weighted by Crippen LogP contribution is 2.34. The highest BCUT2D eigenvalue weighted by Gasteiger charge is 2.34. The van der Waals surface area contributed by atoms with Crippen LogP contribution in [0.4, 0.5) is 18.0 Å². The van der Waals surface area contributed by atoms with Gasteiger partial charge in [0, 0.05) is 19.0 Å². The van der Waals surface area contributed by atoms with E-state index in [9.17, 15) is 23.1 Å². The largest absolute Gasteiger partial charge is 0.497 e. The topological polar surface area (TPSA) is 70.6 Å². The molecule has 2 rings (SSSR count). The van der Waals surface area contributed by atoms with Crippen molar-refractivity contribution in [3.8, 4) is 5.75 Å². The molecule has 0 spiro atoms. The number of carbonyl (C=O) groups excluding carboxylic acids is 1. The van der Waals surface area contributed by atoms with E-state index in [4.69, 9.17) is 4.74 Å². The predicted octanol–water partition coefficient (Wildman–Crippen LogP) is 2.67. The summed E-state index contributed by atoms with van der Waals surface area (Å²) < 4.78 is 44.0. The fraction of sp³-hybridized carbons (Fsp3) is 0.562. The molecule has 5 nitrogen and oxygen atoms in total. The number of urea groups is 1. The maximum Gasteiger partial charge on any atom is 0.416 e. The number of nitrogens with one attached hydrogen (secondary N) is 2. The number of benzene rings is 1. The highest BCUT2D eigenvalue weighted by atomic mass is 19.4. The van der Waals surface area contributed by atoms with Crippen LogP contribution in [0.2, 0.25) is 0 Å². The predicted molar refractivity (Wildman–Crippen MR) is 81.6 cm³/mol. The molecular formula is C16H21F3N2O3. The van der Waals surface area contributed by atoms with Crippen LogP contribution < -0.4 is 15.4 Å². The third-order valence-electron chi connectivity index (χ3n) is 4.21. The molecule has 1 fully saturated rings. The molecule has 24 heavy (non-hydrogen) atoms. The molecule has 1 aliphatic carbocycles. The molecule has 0 aliphatic heterocycles. The molecule has 8 heteroatoms. The van der Waals surface area contributed by atoms with Crippen LogP contribution in [0.3, 0.4) is 0 Å². The van der Waals surface area contributed by atoms with E-state index in [1.807, 2.05) is 0 Å². The standard InChI is InChI=1S/C16H21F3N2O3/c1-24-12-6-5-10(13(7-12)16(17,18)19)8-20-15(23)21-9-11-3-2-4-14(11)22/h5-7,11,14,22H,2-4,8-9H2,1H3,(H2,20,21,23)/t11-,14-/m1/s1. The normalized spacial score (nSPS) is 20.7. The second-order valence-electron chi connectivity index (χ2n) is 5.84. The van der Waals surface area contributed by atoms with Crippen LogP contribution in [0, 0.1) is 5.92 Å². The number of rotatable bonds is 5. The van der Waals surface area contributed by atoms with Gasteiger partial charge in [0.25, 0.3) is 0 Å². The minimum absolute atomic E-state index is 0.00229. The molecular weight excluding hydrogens is 325 g/mol. The molecule has 0 saturated heterocycles. The summed E-state index contributed by atoms with van der Waals surface area (Å²) in [4.78, 5) is 11.8. The summed E-state index contributed by atoms with van der Waals surface area (Å²) >= 11 is 0. The van der Waals surface area contributed by atoms with E-state index in [1.54, 1.807) is 0 Å². The lowest BCUT2D eigenvalue weighted by molar-refractivity contribution is -0.138. The van der Waals surface area contributed by atoms with Crippen molar-refractivity contribution in [3.63, 3.8) is 0 Å². The summed E-state index contributed by atoms with van der Waals surface area (Å²) in [7, 11) is 1.29. The van der Waals surface area contributed by atoms with Crippen molar-refractivity contribution in [1.82, 2.24) is 10.6 Å². The van der Waals surface area contributed by atoms with E-state index in [0.29, 0.717) is 6.54 Å². The van der Waals surface area contributed by atoms with Gasteiger partial charge < -0.3 is 20.5 Å². The first-order valence-electron chi connectivity index (χ1n) is 7.75. The van der Waals surface area contributed by atoms with Gasteiger partial charge in [0.15, 0.2) is 0 Å². The molecule has 1 aliphatic rings. The molecule has 134 valence electrons. The fourth-order valence-corrected chi connectivity index (χ4v) is 2.82. The number of aliphatic hydroxyl groups is 1. The summed E-state index contributed by atoms with van der Waals surface area (Å²) in [6.07, 6.45) is -2.50. The van der Waals surface area contributed by atoms with E-state index in [1.165, 1.54) is 19.2 Å². The van der Waals surface area contributed by atoms with E-state index < -0.39 is 23.9 Å². The van der Waals surface area contributed by atoms with Gasteiger partial charge in [0.2, 0.25) is 0 Å². The van der Waals surface area contributed by atoms with Crippen molar-refractivity contribution in [2.45, 2.75) is 38.1 Å². The number of ether oxygens (including phenoxy) is 1. The Balaban J connectivity index is 1.92. The van der Waals surface area contributed by atoms with Gasteiger partial charge in [0.1, 0.15) is 5.75 Å². The van der Waals surface area contributed by atoms with E-state index in [0.717, 1.165) is 25.3 Å². The van der Waals surface area contributed by atoms with Crippen molar-refractivity contribution < 1.29 is 27.8 Å². The second kappa shape index (κ2) is 7.74. The Hall–Kier alpha value is -1.96. The SMILES string of the molecule is COc1ccc(CNC(=O)NC[C@H]2CCC[C@H]2O)c(C(F)(F)F)c1. The lowest BCUT2D eigenvalue weighted by Gasteiger charge is -2.17. The van der Waals surface area contributed by atoms with Crippen molar-refractivity contribution in [1.29, 1.82) is 0 Å². The summed E-state index contributed by atoms with van der Waals surface area (Å²) in [6, 6.07) is 3.05. The first-order valence-corrected chi connectivity index (χ1v) is 7.75. The zero-order valence-electron chi connectivity index (χ0n) is 13.3. The lowest BCUT2D eigenvalue weighted by Crippen LogP contribution is -2.39. The molecule has 0 radical (unpaired) electrons. The third-order valence-corrected chi connectivity index (χ3v) is 4.21. The van der Waals surface area contributed by atoms with Gasteiger partial charge in [0.05, 0.1) is 18.8 Å². The minimum Gasteiger partial charge on any atom is -0.497 e. The first-order chi connectivity index (χ1) is 11.3. The number of hydrogen-bond acceptors (Lipinski definition) is 3. The average Bonchev–Trinajstić information content (AvgIpc) is 2.95. The van der Waals surface area contributed by atoms with E-state index in [2.05, 4.69) is 10.6 Å². The first kappa shape index (κ1) is 18.4. The number of carbonyl (C=O) groups is 1. The molecule has 1 aromatic carbocycles. The van der Waals surface area contributed by atoms with E-state index >= 15 is 0 Å². The van der Waals surface area contributed by atoms with Gasteiger partial charge in [-0.15, -0.1) is 0 Å². The van der Waals surface area contributed by atoms with Crippen LogP contribution in [0.15, 0.2) is 18.2 Å². The molecule has 2 amide bonds. The molecule has 0 unspecified atom stereocenters. The third kappa shape index (κ3) is 4.77. The van der Waals surface area contributed by atoms with Gasteiger partial charge in [-0.05, 0) is 30.5 Å². The Bertz CT molecular complexity index is 578.